The largest absolute Gasteiger partial charge is 0.495 e. The Morgan fingerprint density at radius 1 is 1.32 bits per heavy atom. The zero-order chi connectivity index (χ0) is 14.5. The van der Waals surface area contributed by atoms with Crippen LogP contribution in [0.2, 0.25) is 0 Å². The van der Waals surface area contributed by atoms with Gasteiger partial charge in [-0.3, -0.25) is 0 Å². The minimum Gasteiger partial charge on any atom is -0.495 e. The minimum atomic E-state index is -3.67. The van der Waals surface area contributed by atoms with Crippen LogP contribution in [0.25, 0.3) is 0 Å². The van der Waals surface area contributed by atoms with E-state index in [2.05, 4.69) is 13.2 Å². The van der Waals surface area contributed by atoms with Gasteiger partial charge in [0, 0.05) is 24.8 Å². The molecule has 0 bridgehead atoms. The van der Waals surface area contributed by atoms with E-state index in [1.54, 1.807) is 0 Å². The molecular formula is C13H18N2O3S. The summed E-state index contributed by atoms with van der Waals surface area (Å²) in [5.74, 6) is 0.220. The Hall–Kier alpha value is -1.79. The summed E-state index contributed by atoms with van der Waals surface area (Å²) in [6, 6.07) is 4.44. The predicted molar refractivity (Wildman–Crippen MR) is 76.6 cm³/mol. The van der Waals surface area contributed by atoms with E-state index in [0.717, 1.165) is 0 Å². The Morgan fingerprint density at radius 3 is 2.37 bits per heavy atom. The van der Waals surface area contributed by atoms with Gasteiger partial charge in [0.2, 0.25) is 10.0 Å². The van der Waals surface area contributed by atoms with Crippen LogP contribution in [0.4, 0.5) is 5.69 Å². The van der Waals surface area contributed by atoms with E-state index < -0.39 is 10.0 Å². The van der Waals surface area contributed by atoms with Crippen molar-refractivity contribution in [3.63, 3.8) is 0 Å². The quantitative estimate of drug-likeness (QED) is 0.609. The van der Waals surface area contributed by atoms with Crippen molar-refractivity contribution in [3.05, 3.63) is 43.5 Å². The number of nitrogen functional groups attached to an aromatic ring is 1. The van der Waals surface area contributed by atoms with Crippen LogP contribution < -0.4 is 10.5 Å². The highest BCUT2D eigenvalue weighted by Gasteiger charge is 2.26. The molecule has 19 heavy (non-hydrogen) atoms. The van der Waals surface area contributed by atoms with E-state index in [0.29, 0.717) is 5.69 Å². The number of benzene rings is 1. The molecule has 0 aromatic heterocycles. The first-order valence-electron chi connectivity index (χ1n) is 5.62. The van der Waals surface area contributed by atoms with E-state index in [4.69, 9.17) is 10.5 Å². The maximum atomic E-state index is 12.5. The van der Waals surface area contributed by atoms with Crippen molar-refractivity contribution in [3.8, 4) is 5.75 Å². The Balaban J connectivity index is 3.31. The minimum absolute atomic E-state index is 0.0768. The fourth-order valence-electron chi connectivity index (χ4n) is 1.60. The van der Waals surface area contributed by atoms with Crippen molar-refractivity contribution in [1.29, 1.82) is 0 Å². The number of hydrogen-bond acceptors (Lipinski definition) is 4. The standard InChI is InChI=1S/C13H18N2O3S/c1-4-8-15(9-5-2)19(16,17)13-7-6-11(14)10-12(13)18-3/h4-7,10H,1-2,8-9,14H2,3H3. The summed E-state index contributed by atoms with van der Waals surface area (Å²) < 4.78 is 31.4. The molecule has 0 heterocycles. The van der Waals surface area contributed by atoms with Gasteiger partial charge in [-0.25, -0.2) is 8.42 Å². The third kappa shape index (κ3) is 3.36. The van der Waals surface area contributed by atoms with Crippen LogP contribution in [0.5, 0.6) is 5.75 Å². The summed E-state index contributed by atoms with van der Waals surface area (Å²) in [6.45, 7) is 7.50. The van der Waals surface area contributed by atoms with Crippen LogP contribution >= 0.6 is 0 Å². The molecule has 0 radical (unpaired) electrons. The number of sulfonamides is 1. The highest BCUT2D eigenvalue weighted by Crippen LogP contribution is 2.28. The van der Waals surface area contributed by atoms with Crippen molar-refractivity contribution < 1.29 is 13.2 Å². The molecule has 6 heteroatoms. The van der Waals surface area contributed by atoms with Crippen molar-refractivity contribution in [2.24, 2.45) is 0 Å². The van der Waals surface area contributed by atoms with E-state index in [9.17, 15) is 8.42 Å². The van der Waals surface area contributed by atoms with Crippen LogP contribution in [-0.2, 0) is 10.0 Å². The number of ether oxygens (including phenoxy) is 1. The monoisotopic (exact) mass is 282 g/mol. The molecule has 1 aromatic rings. The van der Waals surface area contributed by atoms with Gasteiger partial charge in [-0.05, 0) is 12.1 Å². The van der Waals surface area contributed by atoms with Gasteiger partial charge in [0.1, 0.15) is 10.6 Å². The van der Waals surface area contributed by atoms with Crippen LogP contribution in [0.3, 0.4) is 0 Å². The lowest BCUT2D eigenvalue weighted by Gasteiger charge is -2.20. The molecule has 0 aliphatic rings. The van der Waals surface area contributed by atoms with E-state index in [1.165, 1.54) is 41.8 Å². The molecule has 0 saturated carbocycles. The molecule has 2 N–H and O–H groups in total. The number of methoxy groups -OCH3 is 1. The van der Waals surface area contributed by atoms with Gasteiger partial charge >= 0.3 is 0 Å². The van der Waals surface area contributed by atoms with Crippen molar-refractivity contribution in [2.45, 2.75) is 4.90 Å². The highest BCUT2D eigenvalue weighted by atomic mass is 32.2. The average Bonchev–Trinajstić information content (AvgIpc) is 2.38. The molecule has 0 amide bonds. The number of nitrogens with two attached hydrogens (primary N) is 1. The lowest BCUT2D eigenvalue weighted by Crippen LogP contribution is -2.31. The predicted octanol–water partition coefficient (Wildman–Crippen LogP) is 1.64. The maximum Gasteiger partial charge on any atom is 0.247 e. The molecule has 1 aromatic carbocycles. The first-order valence-corrected chi connectivity index (χ1v) is 7.06. The smallest absolute Gasteiger partial charge is 0.247 e. The summed E-state index contributed by atoms with van der Waals surface area (Å²) in [5.41, 5.74) is 6.06. The van der Waals surface area contributed by atoms with E-state index >= 15 is 0 Å². The third-order valence-corrected chi connectivity index (χ3v) is 4.34. The average molecular weight is 282 g/mol. The second-order valence-electron chi connectivity index (χ2n) is 3.81. The summed E-state index contributed by atoms with van der Waals surface area (Å²) in [7, 11) is -2.27. The SMILES string of the molecule is C=CCN(CC=C)S(=O)(=O)c1ccc(N)cc1OC. The molecule has 104 valence electrons. The third-order valence-electron chi connectivity index (χ3n) is 2.47. The maximum absolute atomic E-state index is 12.5. The molecule has 0 unspecified atom stereocenters. The molecule has 1 rings (SSSR count). The van der Waals surface area contributed by atoms with Crippen molar-refractivity contribution in [1.82, 2.24) is 4.31 Å². The normalized spacial score (nSPS) is 11.3. The van der Waals surface area contributed by atoms with Gasteiger partial charge in [0.25, 0.3) is 0 Å². The first-order chi connectivity index (χ1) is 8.97. The summed E-state index contributed by atoms with van der Waals surface area (Å²) in [4.78, 5) is 0.0768. The Labute approximate surface area is 114 Å². The summed E-state index contributed by atoms with van der Waals surface area (Å²) >= 11 is 0. The molecule has 0 saturated heterocycles. The molecule has 5 nitrogen and oxygen atoms in total. The first kappa shape index (κ1) is 15.3. The van der Waals surface area contributed by atoms with Crippen LogP contribution in [0.15, 0.2) is 48.4 Å². The second-order valence-corrected chi connectivity index (χ2v) is 5.72. The van der Waals surface area contributed by atoms with Gasteiger partial charge in [0.15, 0.2) is 0 Å². The van der Waals surface area contributed by atoms with Gasteiger partial charge in [-0.1, -0.05) is 12.2 Å². The van der Waals surface area contributed by atoms with E-state index in [1.807, 2.05) is 0 Å². The zero-order valence-electron chi connectivity index (χ0n) is 10.9. The highest BCUT2D eigenvalue weighted by molar-refractivity contribution is 7.89. The number of hydrogen-bond donors (Lipinski definition) is 1. The summed E-state index contributed by atoms with van der Waals surface area (Å²) in [5, 5.41) is 0. The van der Waals surface area contributed by atoms with Gasteiger partial charge < -0.3 is 10.5 Å². The summed E-state index contributed by atoms with van der Waals surface area (Å²) in [6.07, 6.45) is 3.04. The zero-order valence-corrected chi connectivity index (χ0v) is 11.7. The lowest BCUT2D eigenvalue weighted by atomic mass is 10.3. The van der Waals surface area contributed by atoms with Crippen LogP contribution in [0.1, 0.15) is 0 Å². The number of anilines is 1. The molecule has 0 aliphatic heterocycles. The molecule has 0 atom stereocenters. The molecule has 0 fully saturated rings. The fourth-order valence-corrected chi connectivity index (χ4v) is 3.11. The topological polar surface area (TPSA) is 72.6 Å². The molecule has 0 spiro atoms. The Bertz CT molecular complexity index is 557. The Morgan fingerprint density at radius 2 is 1.89 bits per heavy atom. The van der Waals surface area contributed by atoms with Crippen molar-refractivity contribution in [2.75, 3.05) is 25.9 Å². The van der Waals surface area contributed by atoms with Gasteiger partial charge in [-0.15, -0.1) is 13.2 Å². The van der Waals surface area contributed by atoms with E-state index in [-0.39, 0.29) is 23.7 Å². The molecule has 0 aliphatic carbocycles. The Kier molecular flexibility index (Phi) is 5.14. The van der Waals surface area contributed by atoms with Gasteiger partial charge in [0.05, 0.1) is 7.11 Å². The van der Waals surface area contributed by atoms with Crippen LogP contribution in [0, 0.1) is 0 Å². The fraction of sp³-hybridized carbons (Fsp3) is 0.231. The van der Waals surface area contributed by atoms with Gasteiger partial charge in [-0.2, -0.15) is 4.31 Å². The number of nitrogens with zero attached hydrogens (tertiary/aromatic N) is 1. The molecular weight excluding hydrogens is 264 g/mol. The number of rotatable bonds is 7. The lowest BCUT2D eigenvalue weighted by molar-refractivity contribution is 0.398. The van der Waals surface area contributed by atoms with Crippen molar-refractivity contribution >= 4 is 15.7 Å². The van der Waals surface area contributed by atoms with Crippen LogP contribution in [-0.4, -0.2) is 32.9 Å². The second kappa shape index (κ2) is 6.40.